The number of carbonyl (C=O) groups excluding carboxylic acids is 3. The first-order chi connectivity index (χ1) is 17.3. The maximum Gasteiger partial charge on any atom is 0.327 e. The maximum atomic E-state index is 12.0. The highest BCUT2D eigenvalue weighted by Gasteiger charge is 2.21. The number of unbranched alkanes of at least 4 members (excludes halogenated alkanes) is 1. The molecule has 0 heterocycles. The Bertz CT molecular complexity index is 742. The number of ether oxygens (including phenoxy) is 1. The van der Waals surface area contributed by atoms with Crippen molar-refractivity contribution in [3.8, 4) is 0 Å². The molecule has 0 saturated heterocycles. The van der Waals surface area contributed by atoms with Crippen molar-refractivity contribution in [2.24, 2.45) is 5.92 Å². The Morgan fingerprint density at radius 1 is 0.784 bits per heavy atom. The lowest BCUT2D eigenvalue weighted by molar-refractivity contribution is -0.150. The first kappa shape index (κ1) is 35.8. The minimum atomic E-state index is -1.09. The Hall–Kier alpha value is -1.25. The van der Waals surface area contributed by atoms with Crippen molar-refractivity contribution in [2.45, 2.75) is 90.2 Å². The Morgan fingerprint density at radius 2 is 1.32 bits per heavy atom. The molecule has 4 atom stereocenters. The summed E-state index contributed by atoms with van der Waals surface area (Å²) in [6.45, 7) is 8.42. The van der Waals surface area contributed by atoms with Gasteiger partial charge in [-0.3, -0.25) is 14.4 Å². The van der Waals surface area contributed by atoms with Gasteiger partial charge < -0.3 is 25.6 Å². The summed E-state index contributed by atoms with van der Waals surface area (Å²) in [7, 11) is 5.83. The van der Waals surface area contributed by atoms with Gasteiger partial charge in [-0.1, -0.05) is 63.4 Å². The van der Waals surface area contributed by atoms with Crippen molar-refractivity contribution < 1.29 is 38.9 Å². The Morgan fingerprint density at radius 3 is 1.81 bits per heavy atom. The molecule has 0 radical (unpaired) electrons. The van der Waals surface area contributed by atoms with Crippen LogP contribution in [0.2, 0.25) is 0 Å². The zero-order chi connectivity index (χ0) is 28.4. The van der Waals surface area contributed by atoms with Crippen LogP contribution in [0.1, 0.15) is 66.7 Å². The molecule has 0 aromatic rings. The van der Waals surface area contributed by atoms with E-state index < -0.39 is 35.8 Å². The van der Waals surface area contributed by atoms with Crippen LogP contribution in [0.15, 0.2) is 0 Å². The molecule has 0 bridgehead atoms. The fourth-order valence-electron chi connectivity index (χ4n) is 2.68. The lowest BCUT2D eigenvalue weighted by Gasteiger charge is -2.18. The van der Waals surface area contributed by atoms with Crippen LogP contribution in [0.25, 0.3) is 0 Å². The molecule has 0 aromatic carbocycles. The largest absolute Gasteiger partial charge is 0.480 e. The molecule has 4 N–H and O–H groups in total. The molecule has 0 saturated carbocycles. The summed E-state index contributed by atoms with van der Waals surface area (Å²) in [6, 6.07) is -1.92. The zero-order valence-electron chi connectivity index (χ0n) is 22.0. The van der Waals surface area contributed by atoms with Crippen molar-refractivity contribution in [2.75, 3.05) is 17.3 Å². The van der Waals surface area contributed by atoms with Crippen molar-refractivity contribution in [1.82, 2.24) is 10.6 Å². The Kier molecular flexibility index (Phi) is 20.0. The maximum absolute atomic E-state index is 12.0. The van der Waals surface area contributed by atoms with Crippen molar-refractivity contribution in [3.05, 3.63) is 0 Å². The molecule has 0 aliphatic heterocycles. The third-order valence-corrected chi connectivity index (χ3v) is 10.5. The SMILES string of the molecule is CC(=O)NC(CSSCCC(CCCCC(=O)OC(C)C(C)C)SSCC(NC(C)=O)C(=O)O)C(=O)O. The van der Waals surface area contributed by atoms with Gasteiger partial charge in [-0.15, -0.1) is 0 Å². The van der Waals surface area contributed by atoms with E-state index in [2.05, 4.69) is 10.6 Å². The molecule has 2 amide bonds. The predicted octanol–water partition coefficient (Wildman–Crippen LogP) is 3.83. The fraction of sp³-hybridized carbons (Fsp3) is 0.783. The summed E-state index contributed by atoms with van der Waals surface area (Å²) in [6.07, 6.45) is 3.32. The van der Waals surface area contributed by atoms with E-state index in [1.165, 1.54) is 46.2 Å². The molecule has 10 nitrogen and oxygen atoms in total. The second-order valence-electron chi connectivity index (χ2n) is 8.77. The highest BCUT2D eigenvalue weighted by Crippen LogP contribution is 2.35. The van der Waals surface area contributed by atoms with E-state index >= 15 is 0 Å². The number of carbonyl (C=O) groups is 5. The van der Waals surface area contributed by atoms with Gasteiger partial charge >= 0.3 is 17.9 Å². The van der Waals surface area contributed by atoms with Crippen LogP contribution in [0, 0.1) is 5.92 Å². The molecule has 4 unspecified atom stereocenters. The molecule has 37 heavy (non-hydrogen) atoms. The molecule has 0 rings (SSSR count). The van der Waals surface area contributed by atoms with Crippen molar-refractivity contribution in [3.63, 3.8) is 0 Å². The number of carboxylic acids is 2. The molecule has 0 aliphatic rings. The average molecular weight is 601 g/mol. The van der Waals surface area contributed by atoms with E-state index in [4.69, 9.17) is 4.74 Å². The number of amides is 2. The van der Waals surface area contributed by atoms with E-state index in [1.807, 2.05) is 20.8 Å². The van der Waals surface area contributed by atoms with Crippen LogP contribution in [0.5, 0.6) is 0 Å². The van der Waals surface area contributed by atoms with Gasteiger partial charge in [-0.2, -0.15) is 0 Å². The number of aliphatic carboxylic acids is 2. The smallest absolute Gasteiger partial charge is 0.327 e. The first-order valence-corrected chi connectivity index (χ1v) is 16.9. The predicted molar refractivity (Wildman–Crippen MR) is 153 cm³/mol. The highest BCUT2D eigenvalue weighted by atomic mass is 33.1. The van der Waals surface area contributed by atoms with Crippen molar-refractivity contribution >= 4 is 72.9 Å². The fourth-order valence-corrected chi connectivity index (χ4v) is 8.04. The summed E-state index contributed by atoms with van der Waals surface area (Å²) >= 11 is 0. The number of hydrogen-bond donors (Lipinski definition) is 4. The number of esters is 1. The second-order valence-corrected chi connectivity index (χ2v) is 14.1. The Labute approximate surface area is 235 Å². The van der Waals surface area contributed by atoms with Gasteiger partial charge in [-0.25, -0.2) is 9.59 Å². The molecular formula is C23H40N2O8S4. The van der Waals surface area contributed by atoms with Crippen LogP contribution < -0.4 is 10.6 Å². The van der Waals surface area contributed by atoms with E-state index in [0.29, 0.717) is 12.8 Å². The van der Waals surface area contributed by atoms with Crippen LogP contribution >= 0.6 is 43.2 Å². The number of carboxylic acid groups (broad SMARTS) is 2. The van der Waals surface area contributed by atoms with E-state index in [0.717, 1.165) is 25.0 Å². The lowest BCUT2D eigenvalue weighted by atomic mass is 10.1. The molecule has 0 fully saturated rings. The third kappa shape index (κ3) is 19.5. The molecule has 0 spiro atoms. The number of rotatable bonds is 21. The summed E-state index contributed by atoms with van der Waals surface area (Å²) in [5.74, 6) is -1.74. The zero-order valence-corrected chi connectivity index (χ0v) is 25.3. The summed E-state index contributed by atoms with van der Waals surface area (Å²) in [5.41, 5.74) is 0. The molecule has 0 aromatic heterocycles. The molecule has 14 heteroatoms. The quantitative estimate of drug-likeness (QED) is 0.0858. The van der Waals surface area contributed by atoms with Crippen LogP contribution in [-0.4, -0.2) is 80.6 Å². The summed E-state index contributed by atoms with van der Waals surface area (Å²) < 4.78 is 5.40. The second kappa shape index (κ2) is 20.7. The van der Waals surface area contributed by atoms with Gasteiger partial charge in [-0.05, 0) is 32.1 Å². The topological polar surface area (TPSA) is 159 Å². The minimum absolute atomic E-state index is 0.126. The summed E-state index contributed by atoms with van der Waals surface area (Å²) in [4.78, 5) is 57.0. The van der Waals surface area contributed by atoms with Gasteiger partial charge in [0, 0.05) is 42.8 Å². The van der Waals surface area contributed by atoms with Gasteiger partial charge in [0.2, 0.25) is 11.8 Å². The normalized spacial score (nSPS) is 14.3. The van der Waals surface area contributed by atoms with Gasteiger partial charge in [0.25, 0.3) is 0 Å². The first-order valence-electron chi connectivity index (χ1n) is 12.0. The lowest BCUT2D eigenvalue weighted by Crippen LogP contribution is -2.41. The number of nitrogens with one attached hydrogen (secondary N) is 2. The standard InChI is InChI=1S/C23H40N2O8S4/c1-14(2)15(3)33-21(28)9-7-6-8-18(37-36-13-20(23(31)32)25-17(5)27)10-11-34-35-12-19(22(29)30)24-16(4)26/h14-15,18-20H,6-13H2,1-5H3,(H,24,26)(H,25,27)(H,29,30)(H,31,32). The van der Waals surface area contributed by atoms with Gasteiger partial charge in [0.15, 0.2) is 0 Å². The number of hydrogen-bond acceptors (Lipinski definition) is 10. The van der Waals surface area contributed by atoms with Crippen LogP contribution in [-0.2, 0) is 28.7 Å². The van der Waals surface area contributed by atoms with E-state index in [1.54, 1.807) is 10.8 Å². The molecule has 0 aliphatic carbocycles. The summed E-state index contributed by atoms with van der Waals surface area (Å²) in [5, 5.41) is 23.5. The van der Waals surface area contributed by atoms with Crippen molar-refractivity contribution in [1.29, 1.82) is 0 Å². The van der Waals surface area contributed by atoms with Gasteiger partial charge in [0.1, 0.15) is 18.2 Å². The Balaban J connectivity index is 4.68. The third-order valence-electron chi connectivity index (χ3n) is 5.04. The van der Waals surface area contributed by atoms with Gasteiger partial charge in [0.05, 0.1) is 0 Å². The average Bonchev–Trinajstić information content (AvgIpc) is 2.78. The minimum Gasteiger partial charge on any atom is -0.480 e. The molecular weight excluding hydrogens is 561 g/mol. The van der Waals surface area contributed by atoms with E-state index in [9.17, 15) is 34.2 Å². The monoisotopic (exact) mass is 600 g/mol. The van der Waals surface area contributed by atoms with Crippen LogP contribution in [0.4, 0.5) is 0 Å². The van der Waals surface area contributed by atoms with Crippen LogP contribution in [0.3, 0.4) is 0 Å². The highest BCUT2D eigenvalue weighted by molar-refractivity contribution is 8.77. The van der Waals surface area contributed by atoms with E-state index in [-0.39, 0.29) is 34.7 Å². The molecule has 214 valence electrons.